The molecule has 1 aliphatic rings. The predicted octanol–water partition coefficient (Wildman–Crippen LogP) is 3.79. The van der Waals surface area contributed by atoms with Crippen molar-refractivity contribution in [1.29, 1.82) is 0 Å². The molecule has 5 nitrogen and oxygen atoms in total. The molecular formula is C19H28N2O3. The molecule has 1 aromatic carbocycles. The third-order valence-corrected chi connectivity index (χ3v) is 4.38. The fraction of sp³-hybridized carbons (Fsp3) is 0.579. The van der Waals surface area contributed by atoms with Crippen LogP contribution in [-0.4, -0.2) is 36.6 Å². The second-order valence-electron chi connectivity index (χ2n) is 7.25. The lowest BCUT2D eigenvalue weighted by Gasteiger charge is -2.31. The number of hydrogen-bond acceptors (Lipinski definition) is 3. The van der Waals surface area contributed by atoms with Gasteiger partial charge < -0.3 is 15.0 Å². The lowest BCUT2D eigenvalue weighted by atomic mass is 9.85. The number of carbonyl (C=O) groups excluding carboxylic acids is 2. The van der Waals surface area contributed by atoms with Crippen molar-refractivity contribution in [2.24, 2.45) is 5.92 Å². The van der Waals surface area contributed by atoms with Gasteiger partial charge >= 0.3 is 6.09 Å². The molecule has 0 aromatic heterocycles. The maximum atomic E-state index is 12.6. The number of ether oxygens (including phenoxy) is 1. The van der Waals surface area contributed by atoms with Crippen molar-refractivity contribution in [2.45, 2.75) is 46.0 Å². The first-order valence-corrected chi connectivity index (χ1v) is 8.65. The van der Waals surface area contributed by atoms with Crippen LogP contribution in [0.4, 0.5) is 10.5 Å². The molecule has 0 bridgehead atoms. The molecule has 0 unspecified atom stereocenters. The first-order valence-electron chi connectivity index (χ1n) is 8.65. The van der Waals surface area contributed by atoms with E-state index in [4.69, 9.17) is 4.74 Å². The van der Waals surface area contributed by atoms with Crippen LogP contribution in [0.15, 0.2) is 24.3 Å². The number of carbonyl (C=O) groups is 2. The molecule has 5 heteroatoms. The largest absolute Gasteiger partial charge is 0.450 e. The second-order valence-corrected chi connectivity index (χ2v) is 7.25. The highest BCUT2D eigenvalue weighted by Gasteiger charge is 2.28. The van der Waals surface area contributed by atoms with Gasteiger partial charge in [0.05, 0.1) is 6.61 Å². The molecule has 1 fully saturated rings. The lowest BCUT2D eigenvalue weighted by Crippen LogP contribution is -2.41. The summed E-state index contributed by atoms with van der Waals surface area (Å²) in [6, 6.07) is 7.94. The van der Waals surface area contributed by atoms with Gasteiger partial charge in [0.1, 0.15) is 0 Å². The van der Waals surface area contributed by atoms with Crippen molar-refractivity contribution in [1.82, 2.24) is 4.90 Å². The smallest absolute Gasteiger partial charge is 0.409 e. The zero-order chi connectivity index (χ0) is 17.7. The normalized spacial score (nSPS) is 15.9. The molecule has 1 N–H and O–H groups in total. The minimum Gasteiger partial charge on any atom is -0.450 e. The van der Waals surface area contributed by atoms with Gasteiger partial charge in [-0.3, -0.25) is 4.79 Å². The van der Waals surface area contributed by atoms with E-state index in [1.807, 2.05) is 18.2 Å². The molecule has 2 amide bonds. The Hall–Kier alpha value is -2.04. The lowest BCUT2D eigenvalue weighted by molar-refractivity contribution is -0.121. The van der Waals surface area contributed by atoms with Crippen molar-refractivity contribution in [3.63, 3.8) is 0 Å². The van der Waals surface area contributed by atoms with E-state index in [1.54, 1.807) is 11.8 Å². The Balaban J connectivity index is 1.97. The number of rotatable bonds is 3. The predicted molar refractivity (Wildman–Crippen MR) is 95.1 cm³/mol. The average Bonchev–Trinajstić information content (AvgIpc) is 2.54. The van der Waals surface area contributed by atoms with Crippen molar-refractivity contribution in [3.05, 3.63) is 29.8 Å². The number of benzene rings is 1. The van der Waals surface area contributed by atoms with Crippen LogP contribution in [0, 0.1) is 5.92 Å². The Morgan fingerprint density at radius 3 is 2.42 bits per heavy atom. The summed E-state index contributed by atoms with van der Waals surface area (Å²) in [4.78, 5) is 26.0. The van der Waals surface area contributed by atoms with Gasteiger partial charge in [0.15, 0.2) is 0 Å². The van der Waals surface area contributed by atoms with Gasteiger partial charge in [-0.1, -0.05) is 39.0 Å². The summed E-state index contributed by atoms with van der Waals surface area (Å²) in [6.07, 6.45) is 1.06. The van der Waals surface area contributed by atoms with E-state index in [9.17, 15) is 9.59 Å². The van der Waals surface area contributed by atoms with E-state index in [0.29, 0.717) is 32.5 Å². The van der Waals surface area contributed by atoms with Crippen LogP contribution in [0.25, 0.3) is 0 Å². The van der Waals surface area contributed by atoms with E-state index >= 15 is 0 Å². The zero-order valence-corrected chi connectivity index (χ0v) is 15.1. The molecule has 0 saturated carbocycles. The molecule has 2 rings (SSSR count). The molecule has 132 valence electrons. The summed E-state index contributed by atoms with van der Waals surface area (Å²) in [5.41, 5.74) is 1.97. The number of hydrogen-bond donors (Lipinski definition) is 1. The summed E-state index contributed by atoms with van der Waals surface area (Å²) < 4.78 is 5.01. The Kier molecular flexibility index (Phi) is 5.86. The number of amides is 2. The SMILES string of the molecule is CCOC(=O)N1CCC(C(=O)Nc2ccccc2C(C)(C)C)CC1. The van der Waals surface area contributed by atoms with Crippen molar-refractivity contribution in [2.75, 3.05) is 25.0 Å². The number of anilines is 1. The Labute approximate surface area is 144 Å². The van der Waals surface area contributed by atoms with Crippen LogP contribution in [-0.2, 0) is 14.9 Å². The van der Waals surface area contributed by atoms with Crippen LogP contribution < -0.4 is 5.32 Å². The molecule has 1 aromatic rings. The van der Waals surface area contributed by atoms with Crippen LogP contribution in [0.5, 0.6) is 0 Å². The van der Waals surface area contributed by atoms with Crippen molar-refractivity contribution >= 4 is 17.7 Å². The highest BCUT2D eigenvalue weighted by molar-refractivity contribution is 5.93. The molecule has 0 radical (unpaired) electrons. The second kappa shape index (κ2) is 7.69. The van der Waals surface area contributed by atoms with Crippen LogP contribution >= 0.6 is 0 Å². The summed E-state index contributed by atoms with van der Waals surface area (Å²) in [5.74, 6) is -0.0288. The molecule has 0 spiro atoms. The van der Waals surface area contributed by atoms with Gasteiger partial charge in [-0.2, -0.15) is 0 Å². The highest BCUT2D eigenvalue weighted by atomic mass is 16.6. The minimum atomic E-state index is -0.283. The Bertz CT molecular complexity index is 585. The molecule has 0 aliphatic carbocycles. The van der Waals surface area contributed by atoms with Crippen molar-refractivity contribution < 1.29 is 14.3 Å². The zero-order valence-electron chi connectivity index (χ0n) is 15.1. The molecule has 1 saturated heterocycles. The first kappa shape index (κ1) is 18.3. The highest BCUT2D eigenvalue weighted by Crippen LogP contribution is 2.30. The van der Waals surface area contributed by atoms with E-state index < -0.39 is 0 Å². The van der Waals surface area contributed by atoms with Gasteiger partial charge in [-0.15, -0.1) is 0 Å². The summed E-state index contributed by atoms with van der Waals surface area (Å²) >= 11 is 0. The van der Waals surface area contributed by atoms with Crippen LogP contribution in [0.1, 0.15) is 46.1 Å². The molecule has 24 heavy (non-hydrogen) atoms. The van der Waals surface area contributed by atoms with E-state index in [-0.39, 0.29) is 23.3 Å². The number of nitrogens with one attached hydrogen (secondary N) is 1. The maximum Gasteiger partial charge on any atom is 0.409 e. The molecule has 0 atom stereocenters. The number of piperidine rings is 1. The van der Waals surface area contributed by atoms with E-state index in [2.05, 4.69) is 32.2 Å². The average molecular weight is 332 g/mol. The Morgan fingerprint density at radius 2 is 1.83 bits per heavy atom. The first-order chi connectivity index (χ1) is 11.3. The van der Waals surface area contributed by atoms with Gasteiger partial charge in [-0.05, 0) is 36.8 Å². The fourth-order valence-electron chi connectivity index (χ4n) is 3.02. The van der Waals surface area contributed by atoms with Gasteiger partial charge in [-0.25, -0.2) is 4.79 Å². The topological polar surface area (TPSA) is 58.6 Å². The van der Waals surface area contributed by atoms with Gasteiger partial charge in [0.25, 0.3) is 0 Å². The quantitative estimate of drug-likeness (QED) is 0.916. The third-order valence-electron chi connectivity index (χ3n) is 4.38. The number of para-hydroxylation sites is 1. The number of likely N-dealkylation sites (tertiary alicyclic amines) is 1. The minimum absolute atomic E-state index is 0.0306. The Morgan fingerprint density at radius 1 is 1.21 bits per heavy atom. The summed E-state index contributed by atoms with van der Waals surface area (Å²) in [7, 11) is 0. The molecule has 1 heterocycles. The van der Waals surface area contributed by atoms with Gasteiger partial charge in [0.2, 0.25) is 5.91 Å². The fourth-order valence-corrected chi connectivity index (χ4v) is 3.02. The van der Waals surface area contributed by atoms with E-state index in [0.717, 1.165) is 11.3 Å². The van der Waals surface area contributed by atoms with Crippen LogP contribution in [0.2, 0.25) is 0 Å². The maximum absolute atomic E-state index is 12.6. The number of nitrogens with zero attached hydrogens (tertiary/aromatic N) is 1. The van der Waals surface area contributed by atoms with Crippen molar-refractivity contribution in [3.8, 4) is 0 Å². The standard InChI is InChI=1S/C19H28N2O3/c1-5-24-18(23)21-12-10-14(11-13-21)17(22)20-16-9-7-6-8-15(16)19(2,3)4/h6-9,14H,5,10-13H2,1-4H3,(H,20,22). The summed E-state index contributed by atoms with van der Waals surface area (Å²) in [5, 5.41) is 3.08. The van der Waals surface area contributed by atoms with E-state index in [1.165, 1.54) is 0 Å². The monoisotopic (exact) mass is 332 g/mol. The van der Waals surface area contributed by atoms with Gasteiger partial charge in [0, 0.05) is 24.7 Å². The van der Waals surface area contributed by atoms with Crippen LogP contribution in [0.3, 0.4) is 0 Å². The molecular weight excluding hydrogens is 304 g/mol. The summed E-state index contributed by atoms with van der Waals surface area (Å²) in [6.45, 7) is 9.71. The molecule has 1 aliphatic heterocycles. The third kappa shape index (κ3) is 4.49.